The Labute approximate surface area is 140 Å². The molecule has 1 N–H and O–H groups in total. The van der Waals surface area contributed by atoms with E-state index in [1.807, 2.05) is 66.1 Å². The monoisotopic (exact) mass is 321 g/mol. The maximum absolute atomic E-state index is 12.5. The Kier molecular flexibility index (Phi) is 3.78. The summed E-state index contributed by atoms with van der Waals surface area (Å²) in [5.41, 5.74) is 2.80. The molecule has 122 valence electrons. The molecule has 0 spiro atoms. The molecular weight excluding hydrogens is 302 g/mol. The molecule has 0 bridgehead atoms. The fourth-order valence-corrected chi connectivity index (χ4v) is 3.00. The molecule has 1 amide bonds. The highest BCUT2D eigenvalue weighted by Crippen LogP contribution is 2.35. The third-order valence-electron chi connectivity index (χ3n) is 4.26. The second-order valence-electron chi connectivity index (χ2n) is 5.92. The number of nitrogens with one attached hydrogen (secondary N) is 1. The van der Waals surface area contributed by atoms with Gasteiger partial charge < -0.3 is 4.74 Å². The second kappa shape index (κ2) is 6.09. The van der Waals surface area contributed by atoms with E-state index >= 15 is 0 Å². The zero-order valence-corrected chi connectivity index (χ0v) is 13.5. The normalized spacial score (nSPS) is 19.4. The number of aromatic nitrogens is 2. The topological polar surface area (TPSA) is 56.1 Å². The number of hydrogen-bond donors (Lipinski definition) is 1. The van der Waals surface area contributed by atoms with Gasteiger partial charge in [-0.2, -0.15) is 0 Å². The number of anilines is 1. The lowest BCUT2D eigenvalue weighted by molar-refractivity contribution is -0.118. The highest BCUT2D eigenvalue weighted by atomic mass is 16.5. The highest BCUT2D eigenvalue weighted by Gasteiger charge is 2.44. The minimum atomic E-state index is -0.0750. The molecule has 1 aliphatic carbocycles. The summed E-state index contributed by atoms with van der Waals surface area (Å²) in [5, 5.41) is 2.98. The number of amides is 1. The molecule has 24 heavy (non-hydrogen) atoms. The maximum atomic E-state index is 12.5. The first kappa shape index (κ1) is 14.9. The van der Waals surface area contributed by atoms with E-state index in [1.165, 1.54) is 0 Å². The molecule has 0 unspecified atom stereocenters. The van der Waals surface area contributed by atoms with Gasteiger partial charge in [-0.05, 0) is 37.6 Å². The largest absolute Gasteiger partial charge is 0.378 e. The number of carbonyl (C=O) groups is 1. The van der Waals surface area contributed by atoms with E-state index in [4.69, 9.17) is 4.74 Å². The summed E-state index contributed by atoms with van der Waals surface area (Å²) in [7, 11) is 0. The Hall–Kier alpha value is -2.66. The lowest BCUT2D eigenvalue weighted by atomic mass is 10.3. The van der Waals surface area contributed by atoms with Crippen LogP contribution in [0.15, 0.2) is 54.6 Å². The summed E-state index contributed by atoms with van der Waals surface area (Å²) in [6.45, 7) is 2.58. The average Bonchev–Trinajstić information content (AvgIpc) is 3.28. The van der Waals surface area contributed by atoms with Gasteiger partial charge in [0.15, 0.2) is 0 Å². The smallest absolute Gasteiger partial charge is 0.232 e. The van der Waals surface area contributed by atoms with Gasteiger partial charge in [-0.15, -0.1) is 0 Å². The first-order valence-electron chi connectivity index (χ1n) is 8.23. The van der Waals surface area contributed by atoms with Crippen molar-refractivity contribution in [1.82, 2.24) is 9.55 Å². The van der Waals surface area contributed by atoms with Crippen LogP contribution in [0.25, 0.3) is 16.7 Å². The molecule has 1 fully saturated rings. The van der Waals surface area contributed by atoms with E-state index in [-0.39, 0.29) is 17.9 Å². The molecule has 5 nitrogen and oxygen atoms in total. The summed E-state index contributed by atoms with van der Waals surface area (Å²) < 4.78 is 7.49. The van der Waals surface area contributed by atoms with E-state index in [0.717, 1.165) is 23.1 Å². The van der Waals surface area contributed by atoms with Crippen molar-refractivity contribution in [2.24, 2.45) is 5.92 Å². The molecule has 5 heteroatoms. The molecule has 2 atom stereocenters. The van der Waals surface area contributed by atoms with Crippen molar-refractivity contribution in [3.63, 3.8) is 0 Å². The Morgan fingerprint density at radius 1 is 1.21 bits per heavy atom. The number of ether oxygens (including phenoxy) is 1. The number of hydrogen-bond acceptors (Lipinski definition) is 3. The molecule has 0 saturated heterocycles. The number of rotatable bonds is 5. The van der Waals surface area contributed by atoms with Crippen molar-refractivity contribution < 1.29 is 9.53 Å². The fourth-order valence-electron chi connectivity index (χ4n) is 3.00. The van der Waals surface area contributed by atoms with E-state index in [0.29, 0.717) is 12.6 Å². The molecule has 1 saturated carbocycles. The Balaban J connectivity index is 1.69. The van der Waals surface area contributed by atoms with Crippen molar-refractivity contribution in [3.05, 3.63) is 54.6 Å². The quantitative estimate of drug-likeness (QED) is 0.783. The molecule has 1 aliphatic rings. The molecule has 1 heterocycles. The zero-order valence-electron chi connectivity index (χ0n) is 13.5. The maximum Gasteiger partial charge on any atom is 0.232 e. The van der Waals surface area contributed by atoms with Crippen LogP contribution in [-0.2, 0) is 9.53 Å². The zero-order chi connectivity index (χ0) is 16.5. The fraction of sp³-hybridized carbons (Fsp3) is 0.263. The van der Waals surface area contributed by atoms with Gasteiger partial charge in [0.05, 0.1) is 23.1 Å². The van der Waals surface area contributed by atoms with Crippen molar-refractivity contribution in [3.8, 4) is 5.69 Å². The number of carbonyl (C=O) groups excluding carboxylic acids is 1. The van der Waals surface area contributed by atoms with Crippen LogP contribution in [0.5, 0.6) is 0 Å². The molecule has 0 radical (unpaired) electrons. The summed E-state index contributed by atoms with van der Waals surface area (Å²) >= 11 is 0. The second-order valence-corrected chi connectivity index (χ2v) is 5.92. The van der Waals surface area contributed by atoms with Crippen molar-refractivity contribution in [1.29, 1.82) is 0 Å². The van der Waals surface area contributed by atoms with Gasteiger partial charge in [0.2, 0.25) is 11.9 Å². The summed E-state index contributed by atoms with van der Waals surface area (Å²) in [6.07, 6.45) is 0.829. The van der Waals surface area contributed by atoms with Crippen LogP contribution < -0.4 is 5.32 Å². The number of fused-ring (bicyclic) bond motifs is 1. The summed E-state index contributed by atoms with van der Waals surface area (Å²) in [6, 6.07) is 17.8. The van der Waals surface area contributed by atoms with Crippen LogP contribution in [0.2, 0.25) is 0 Å². The van der Waals surface area contributed by atoms with Gasteiger partial charge >= 0.3 is 0 Å². The lowest BCUT2D eigenvalue weighted by Gasteiger charge is -2.10. The highest BCUT2D eigenvalue weighted by molar-refractivity contribution is 5.95. The van der Waals surface area contributed by atoms with E-state index in [1.54, 1.807) is 0 Å². The summed E-state index contributed by atoms with van der Waals surface area (Å²) in [5.74, 6) is 0.449. The van der Waals surface area contributed by atoms with Crippen LogP contribution in [0.4, 0.5) is 5.95 Å². The average molecular weight is 321 g/mol. The number of benzene rings is 2. The molecule has 4 rings (SSSR count). The van der Waals surface area contributed by atoms with Crippen molar-refractivity contribution >= 4 is 22.9 Å². The van der Waals surface area contributed by atoms with Crippen LogP contribution in [-0.4, -0.2) is 28.2 Å². The third kappa shape index (κ3) is 2.67. The van der Waals surface area contributed by atoms with Crippen molar-refractivity contribution in [2.75, 3.05) is 11.9 Å². The lowest BCUT2D eigenvalue weighted by Crippen LogP contribution is -2.19. The van der Waals surface area contributed by atoms with Gasteiger partial charge in [-0.3, -0.25) is 14.7 Å². The van der Waals surface area contributed by atoms with Gasteiger partial charge in [-0.1, -0.05) is 30.3 Å². The minimum absolute atomic E-state index is 0.0269. The Bertz CT molecular complexity index is 873. The standard InChI is InChI=1S/C19H19N3O2/c1-2-24-17-12-14(17)18(23)21-19-20-15-10-6-7-11-16(15)22(19)13-8-4-3-5-9-13/h3-11,14,17H,2,12H2,1H3,(H,20,21,23)/t14-,17-/m1/s1. The Morgan fingerprint density at radius 3 is 2.75 bits per heavy atom. The van der Waals surface area contributed by atoms with Crippen LogP contribution in [0.1, 0.15) is 13.3 Å². The Morgan fingerprint density at radius 2 is 1.96 bits per heavy atom. The van der Waals surface area contributed by atoms with E-state index in [2.05, 4.69) is 10.3 Å². The minimum Gasteiger partial charge on any atom is -0.378 e. The third-order valence-corrected chi connectivity index (χ3v) is 4.26. The van der Waals surface area contributed by atoms with Crippen LogP contribution in [0, 0.1) is 5.92 Å². The number of para-hydroxylation sites is 3. The van der Waals surface area contributed by atoms with E-state index in [9.17, 15) is 4.79 Å². The molecule has 1 aromatic heterocycles. The predicted molar refractivity (Wildman–Crippen MR) is 93.2 cm³/mol. The first-order valence-corrected chi connectivity index (χ1v) is 8.23. The van der Waals surface area contributed by atoms with E-state index < -0.39 is 0 Å². The van der Waals surface area contributed by atoms with Gasteiger partial charge in [0, 0.05) is 12.3 Å². The van der Waals surface area contributed by atoms with Crippen LogP contribution in [0.3, 0.4) is 0 Å². The SMILES string of the molecule is CCO[C@@H]1C[C@H]1C(=O)Nc1nc2ccccc2n1-c1ccccc1. The van der Waals surface area contributed by atoms with Gasteiger partial charge in [0.25, 0.3) is 0 Å². The molecule has 0 aliphatic heterocycles. The molecular formula is C19H19N3O2. The predicted octanol–water partition coefficient (Wildman–Crippen LogP) is 3.39. The number of imidazole rings is 1. The summed E-state index contributed by atoms with van der Waals surface area (Å²) in [4.78, 5) is 17.1. The van der Waals surface area contributed by atoms with Gasteiger partial charge in [0.1, 0.15) is 0 Å². The molecule has 2 aromatic carbocycles. The van der Waals surface area contributed by atoms with Crippen molar-refractivity contribution in [2.45, 2.75) is 19.4 Å². The number of nitrogens with zero attached hydrogens (tertiary/aromatic N) is 2. The first-order chi connectivity index (χ1) is 11.8. The molecule has 3 aromatic rings. The van der Waals surface area contributed by atoms with Crippen LogP contribution >= 0.6 is 0 Å². The van der Waals surface area contributed by atoms with Gasteiger partial charge in [-0.25, -0.2) is 4.98 Å².